The molecule has 4 nitrogen and oxygen atoms in total. The van der Waals surface area contributed by atoms with Gasteiger partial charge >= 0.3 is 0 Å². The number of benzene rings is 2. The highest BCUT2D eigenvalue weighted by atomic mass is 35.5. The second-order valence-electron chi connectivity index (χ2n) is 6.13. The second kappa shape index (κ2) is 9.64. The summed E-state index contributed by atoms with van der Waals surface area (Å²) in [4.78, 5) is 25.2. The van der Waals surface area contributed by atoms with Gasteiger partial charge in [-0.3, -0.25) is 9.59 Å². The minimum absolute atomic E-state index is 0.250. The number of rotatable bonds is 7. The van der Waals surface area contributed by atoms with Crippen molar-refractivity contribution >= 4 is 40.9 Å². The van der Waals surface area contributed by atoms with E-state index in [-0.39, 0.29) is 11.8 Å². The Labute approximate surface area is 163 Å². The summed E-state index contributed by atoms with van der Waals surface area (Å²) in [7, 11) is 0. The molecule has 2 rings (SSSR count). The van der Waals surface area contributed by atoms with Crippen LogP contribution in [-0.4, -0.2) is 29.9 Å². The molecule has 0 aliphatic rings. The van der Waals surface area contributed by atoms with E-state index in [2.05, 4.69) is 10.6 Å². The first-order chi connectivity index (χ1) is 12.4. The van der Waals surface area contributed by atoms with E-state index in [4.69, 9.17) is 11.6 Å². The molecular weight excluding hydrogens is 368 g/mol. The Morgan fingerprint density at radius 1 is 1.15 bits per heavy atom. The SMILES string of the molecule is CSCCC(NC(=O)c1cccc(C)c1)C(=O)Nc1ccc(C)c(Cl)c1. The molecule has 1 atom stereocenters. The highest BCUT2D eigenvalue weighted by Gasteiger charge is 2.21. The van der Waals surface area contributed by atoms with Crippen molar-refractivity contribution in [2.45, 2.75) is 26.3 Å². The van der Waals surface area contributed by atoms with E-state index in [1.807, 2.05) is 38.3 Å². The van der Waals surface area contributed by atoms with Crippen LogP contribution in [0.15, 0.2) is 42.5 Å². The monoisotopic (exact) mass is 390 g/mol. The summed E-state index contributed by atoms with van der Waals surface area (Å²) in [6.07, 6.45) is 2.52. The minimum atomic E-state index is -0.615. The molecule has 26 heavy (non-hydrogen) atoms. The average Bonchev–Trinajstić information content (AvgIpc) is 2.61. The van der Waals surface area contributed by atoms with E-state index >= 15 is 0 Å². The molecule has 0 aliphatic carbocycles. The normalized spacial score (nSPS) is 11.7. The molecule has 2 N–H and O–H groups in total. The minimum Gasteiger partial charge on any atom is -0.340 e. The van der Waals surface area contributed by atoms with Crippen LogP contribution in [0.3, 0.4) is 0 Å². The summed E-state index contributed by atoms with van der Waals surface area (Å²) in [6.45, 7) is 3.83. The van der Waals surface area contributed by atoms with Crippen LogP contribution in [0.1, 0.15) is 27.9 Å². The lowest BCUT2D eigenvalue weighted by molar-refractivity contribution is -0.118. The standard InChI is InChI=1S/C20H23ClN2O2S/c1-13-5-4-6-15(11-13)19(24)23-18(9-10-26-3)20(25)22-16-8-7-14(2)17(21)12-16/h4-8,11-12,18H,9-10H2,1-3H3,(H,22,25)(H,23,24). The number of nitrogens with one attached hydrogen (secondary N) is 2. The number of amides is 2. The van der Waals surface area contributed by atoms with Crippen molar-refractivity contribution in [2.75, 3.05) is 17.3 Å². The molecule has 0 fully saturated rings. The molecule has 1 unspecified atom stereocenters. The molecular formula is C20H23ClN2O2S. The topological polar surface area (TPSA) is 58.2 Å². The first kappa shape index (κ1) is 20.3. The zero-order valence-corrected chi connectivity index (χ0v) is 16.7. The third kappa shape index (κ3) is 5.78. The molecule has 6 heteroatoms. The average molecular weight is 391 g/mol. The largest absolute Gasteiger partial charge is 0.340 e. The summed E-state index contributed by atoms with van der Waals surface area (Å²) in [5, 5.41) is 6.27. The van der Waals surface area contributed by atoms with Crippen LogP contribution >= 0.6 is 23.4 Å². The first-order valence-electron chi connectivity index (χ1n) is 8.34. The van der Waals surface area contributed by atoms with Crippen LogP contribution in [-0.2, 0) is 4.79 Å². The maximum atomic E-state index is 12.7. The predicted molar refractivity (Wildman–Crippen MR) is 110 cm³/mol. The second-order valence-corrected chi connectivity index (χ2v) is 7.52. The van der Waals surface area contributed by atoms with Crippen LogP contribution in [0.4, 0.5) is 5.69 Å². The van der Waals surface area contributed by atoms with Gasteiger partial charge in [0.25, 0.3) is 5.91 Å². The molecule has 0 aliphatic heterocycles. The third-order valence-corrected chi connectivity index (χ3v) is 5.00. The van der Waals surface area contributed by atoms with Crippen molar-refractivity contribution in [1.29, 1.82) is 0 Å². The van der Waals surface area contributed by atoms with Crippen molar-refractivity contribution in [3.63, 3.8) is 0 Å². The Bertz CT molecular complexity index is 795. The van der Waals surface area contributed by atoms with E-state index in [1.54, 1.807) is 36.0 Å². The number of hydrogen-bond acceptors (Lipinski definition) is 3. The highest BCUT2D eigenvalue weighted by molar-refractivity contribution is 7.98. The van der Waals surface area contributed by atoms with Gasteiger partial charge in [-0.25, -0.2) is 0 Å². The quantitative estimate of drug-likeness (QED) is 0.734. The Morgan fingerprint density at radius 2 is 1.92 bits per heavy atom. The Morgan fingerprint density at radius 3 is 2.58 bits per heavy atom. The number of hydrogen-bond donors (Lipinski definition) is 2. The van der Waals surface area contributed by atoms with Gasteiger partial charge in [0.1, 0.15) is 6.04 Å². The van der Waals surface area contributed by atoms with E-state index in [9.17, 15) is 9.59 Å². The van der Waals surface area contributed by atoms with Crippen molar-refractivity contribution in [1.82, 2.24) is 5.32 Å². The highest BCUT2D eigenvalue weighted by Crippen LogP contribution is 2.20. The van der Waals surface area contributed by atoms with Crippen LogP contribution in [0, 0.1) is 13.8 Å². The number of carbonyl (C=O) groups excluding carboxylic acids is 2. The van der Waals surface area contributed by atoms with Gasteiger partial charge in [0.05, 0.1) is 0 Å². The van der Waals surface area contributed by atoms with Crippen molar-refractivity contribution in [3.8, 4) is 0 Å². The van der Waals surface area contributed by atoms with E-state index in [0.29, 0.717) is 22.7 Å². The van der Waals surface area contributed by atoms with Crippen LogP contribution in [0.2, 0.25) is 5.02 Å². The molecule has 2 aromatic rings. The lowest BCUT2D eigenvalue weighted by atomic mass is 10.1. The fourth-order valence-electron chi connectivity index (χ4n) is 2.43. The molecule has 138 valence electrons. The van der Waals surface area contributed by atoms with Gasteiger partial charge in [-0.05, 0) is 62.1 Å². The zero-order chi connectivity index (χ0) is 19.1. The van der Waals surface area contributed by atoms with Crippen LogP contribution in [0.25, 0.3) is 0 Å². The van der Waals surface area contributed by atoms with Gasteiger partial charge in [-0.15, -0.1) is 0 Å². The summed E-state index contributed by atoms with van der Waals surface area (Å²) < 4.78 is 0. The molecule has 0 spiro atoms. The molecule has 0 bridgehead atoms. The Hall–Kier alpha value is -1.98. The molecule has 0 saturated carbocycles. The van der Waals surface area contributed by atoms with Crippen molar-refractivity contribution in [3.05, 3.63) is 64.2 Å². The van der Waals surface area contributed by atoms with Crippen molar-refractivity contribution < 1.29 is 9.59 Å². The zero-order valence-electron chi connectivity index (χ0n) is 15.1. The molecule has 2 aromatic carbocycles. The van der Waals surface area contributed by atoms with Gasteiger partial charge in [-0.1, -0.05) is 35.4 Å². The lowest BCUT2D eigenvalue weighted by Crippen LogP contribution is -2.44. The van der Waals surface area contributed by atoms with Gasteiger partial charge < -0.3 is 10.6 Å². The number of halogens is 1. The summed E-state index contributed by atoms with van der Waals surface area (Å²) in [5.41, 5.74) is 3.10. The number of thioether (sulfide) groups is 1. The summed E-state index contributed by atoms with van der Waals surface area (Å²) >= 11 is 7.75. The summed E-state index contributed by atoms with van der Waals surface area (Å²) in [5.74, 6) is 0.262. The number of anilines is 1. The first-order valence-corrected chi connectivity index (χ1v) is 10.1. The van der Waals surface area contributed by atoms with Crippen LogP contribution in [0.5, 0.6) is 0 Å². The lowest BCUT2D eigenvalue weighted by Gasteiger charge is -2.18. The van der Waals surface area contributed by atoms with E-state index in [1.165, 1.54) is 0 Å². The molecule has 0 aromatic heterocycles. The maximum absolute atomic E-state index is 12.7. The Balaban J connectivity index is 2.10. The molecule has 0 heterocycles. The molecule has 0 saturated heterocycles. The Kier molecular flexibility index (Phi) is 7.54. The van der Waals surface area contributed by atoms with E-state index in [0.717, 1.165) is 16.9 Å². The van der Waals surface area contributed by atoms with Gasteiger partial charge in [0, 0.05) is 16.3 Å². The maximum Gasteiger partial charge on any atom is 0.251 e. The predicted octanol–water partition coefficient (Wildman–Crippen LogP) is 4.45. The van der Waals surface area contributed by atoms with Gasteiger partial charge in [0.2, 0.25) is 5.91 Å². The smallest absolute Gasteiger partial charge is 0.251 e. The van der Waals surface area contributed by atoms with Gasteiger partial charge in [0.15, 0.2) is 0 Å². The van der Waals surface area contributed by atoms with Crippen LogP contribution < -0.4 is 10.6 Å². The van der Waals surface area contributed by atoms with E-state index < -0.39 is 6.04 Å². The summed E-state index contributed by atoms with van der Waals surface area (Å²) in [6, 6.07) is 12.0. The number of carbonyl (C=O) groups is 2. The van der Waals surface area contributed by atoms with Crippen molar-refractivity contribution in [2.24, 2.45) is 0 Å². The van der Waals surface area contributed by atoms with Gasteiger partial charge in [-0.2, -0.15) is 11.8 Å². The number of aryl methyl sites for hydroxylation is 2. The molecule has 0 radical (unpaired) electrons. The fraction of sp³-hybridized carbons (Fsp3) is 0.300. The fourth-order valence-corrected chi connectivity index (χ4v) is 3.08. The third-order valence-electron chi connectivity index (χ3n) is 3.95. The molecule has 2 amide bonds.